The molecule has 0 bridgehead atoms. The van der Waals surface area contributed by atoms with E-state index in [4.69, 9.17) is 53.4 Å². The number of halogens is 6. The van der Waals surface area contributed by atoms with Crippen molar-refractivity contribution in [1.29, 1.82) is 0 Å². The number of nitrogens with one attached hydrogen (secondary N) is 4. The summed E-state index contributed by atoms with van der Waals surface area (Å²) in [6, 6.07) is 8.81. The van der Waals surface area contributed by atoms with E-state index in [2.05, 4.69) is 77.3 Å². The van der Waals surface area contributed by atoms with E-state index in [0.717, 1.165) is 15.7 Å². The van der Waals surface area contributed by atoms with Crippen LogP contribution >= 0.6 is 73.4 Å². The Bertz CT molecular complexity index is 3700. The van der Waals surface area contributed by atoms with E-state index in [1.54, 1.807) is 65.7 Å². The summed E-state index contributed by atoms with van der Waals surface area (Å²) in [6.45, 7) is 28.7. The van der Waals surface area contributed by atoms with E-state index < -0.39 is 25.7 Å². The first kappa shape index (κ1) is 69.5. The molecule has 2 amide bonds. The number of carbonyl (C=O) groups excluding carboxylic acids is 2. The zero-order valence-electron chi connectivity index (χ0n) is 51.7. The molecule has 2 aliphatic heterocycles. The molecule has 2 aromatic carbocycles. The van der Waals surface area contributed by atoms with Crippen LogP contribution < -0.4 is 21.3 Å². The topological polar surface area (TPSA) is 232 Å². The Morgan fingerprint density at radius 3 is 1.41 bits per heavy atom. The van der Waals surface area contributed by atoms with Crippen LogP contribution in [0.5, 0.6) is 0 Å². The number of thiazole rings is 2. The van der Waals surface area contributed by atoms with Gasteiger partial charge >= 0.3 is 14.0 Å². The van der Waals surface area contributed by atoms with E-state index in [9.17, 15) is 18.4 Å². The fraction of sp³-hybridized carbons (Fsp3) is 0.414. The lowest BCUT2D eigenvalue weighted by Gasteiger charge is -2.32. The van der Waals surface area contributed by atoms with Crippen LogP contribution in [0.2, 0.25) is 15.2 Å². The van der Waals surface area contributed by atoms with Crippen molar-refractivity contribution in [2.45, 2.75) is 143 Å². The Hall–Kier alpha value is -6.00. The largest absolute Gasteiger partial charge is 0.488 e. The summed E-state index contributed by atoms with van der Waals surface area (Å²) in [5.41, 5.74) is 1.45. The molecule has 4 N–H and O–H groups in total. The fourth-order valence-electron chi connectivity index (χ4n) is 7.79. The molecule has 0 saturated carbocycles. The Kier molecular flexibility index (Phi) is 22.1. The van der Waals surface area contributed by atoms with Crippen LogP contribution in [0, 0.1) is 11.6 Å². The van der Waals surface area contributed by atoms with E-state index in [-0.39, 0.29) is 63.7 Å². The third-order valence-corrected chi connectivity index (χ3v) is 18.5. The number of aromatic nitrogens is 10. The molecule has 2 aliphatic rings. The van der Waals surface area contributed by atoms with Crippen LogP contribution in [0.1, 0.15) is 137 Å². The zero-order chi connectivity index (χ0) is 64.9. The van der Waals surface area contributed by atoms with Crippen LogP contribution in [0.4, 0.5) is 32.1 Å². The minimum atomic E-state index is -0.507. The van der Waals surface area contributed by atoms with Crippen LogP contribution in [0.25, 0.3) is 11.3 Å². The van der Waals surface area contributed by atoms with Crippen molar-refractivity contribution in [3.63, 3.8) is 0 Å². The molecule has 0 aliphatic carbocycles. The molecule has 0 unspecified atom stereocenters. The highest BCUT2D eigenvalue weighted by molar-refractivity contribution is 9.10. The van der Waals surface area contributed by atoms with Crippen molar-refractivity contribution >= 4 is 123 Å². The second-order valence-electron chi connectivity index (χ2n) is 24.5. The molecule has 88 heavy (non-hydrogen) atoms. The lowest BCUT2D eigenvalue weighted by Crippen LogP contribution is -2.41. The van der Waals surface area contributed by atoms with Crippen molar-refractivity contribution in [2.24, 2.45) is 14.1 Å². The summed E-state index contributed by atoms with van der Waals surface area (Å²) >= 11 is 23.9. The third kappa shape index (κ3) is 18.1. The predicted octanol–water partition coefficient (Wildman–Crippen LogP) is 13.9. The SMILES string of the molecule is CC(C)(C)c1ncc(C(=O)NCc2cc(F)c(Br)cc2Cl)s1.CC1(C)OB(B2OC(C)(C)C(C)(C)O2)OC1(C)C.Cn1cc(Nc2nccc(-c3cc(Cl)c(CNC(=O)c4cnc(C(C)(C)C)s4)cc3F)n2)cn1.Cn1cc(Nc2nccc(Cl)n2)cn1. The Labute approximate surface area is 543 Å². The average Bonchev–Trinajstić information content (AvgIpc) is 2.09. The normalized spacial score (nSPS) is 15.5. The second kappa shape index (κ2) is 28.0. The van der Waals surface area contributed by atoms with E-state index in [1.165, 1.54) is 53.1 Å². The van der Waals surface area contributed by atoms with Crippen molar-refractivity contribution < 1.29 is 37.0 Å². The quantitative estimate of drug-likeness (QED) is 0.0506. The van der Waals surface area contributed by atoms with Crippen LogP contribution in [-0.2, 0) is 56.6 Å². The van der Waals surface area contributed by atoms with Gasteiger partial charge in [-0.05, 0) is 119 Å². The molecule has 8 aromatic rings. The molecule has 10 rings (SSSR count). The van der Waals surface area contributed by atoms with Crippen LogP contribution in [-0.4, -0.2) is 97.7 Å². The number of nitrogens with zero attached hydrogens (tertiary/aromatic N) is 10. The van der Waals surface area contributed by atoms with Gasteiger partial charge in [0.1, 0.15) is 26.5 Å². The first-order chi connectivity index (χ1) is 40.9. The highest BCUT2D eigenvalue weighted by Crippen LogP contribution is 2.43. The number of aryl methyl sites for hydroxylation is 2. The van der Waals surface area contributed by atoms with Gasteiger partial charge in [-0.3, -0.25) is 19.0 Å². The van der Waals surface area contributed by atoms with Gasteiger partial charge < -0.3 is 39.9 Å². The molecular weight excluding hydrogens is 1300 g/mol. The fourth-order valence-corrected chi connectivity index (χ4v) is 10.6. The van der Waals surface area contributed by atoms with Crippen molar-refractivity contribution in [1.82, 2.24) is 60.1 Å². The first-order valence-corrected chi connectivity index (χ1v) is 31.1. The minimum Gasteiger partial charge on any atom is -0.405 e. The Balaban J connectivity index is 0.000000177. The molecule has 30 heteroatoms. The van der Waals surface area contributed by atoms with Gasteiger partial charge in [0, 0.05) is 78.4 Å². The van der Waals surface area contributed by atoms with Crippen LogP contribution in [0.15, 0.2) is 90.4 Å². The number of rotatable bonds is 12. The molecule has 6 aromatic heterocycles. The van der Waals surface area contributed by atoms with E-state index >= 15 is 0 Å². The number of benzene rings is 2. The molecule has 8 heterocycles. The lowest BCUT2D eigenvalue weighted by molar-refractivity contribution is 0.00578. The standard InChI is InChI=1S/C23H23ClFN7OS.C15H15BrClFN2OS.C12H24B2O4.C8H8ClN5/c1-23(2,3)21-28-11-19(34-21)20(33)27-9-13-7-17(25)15(8-16(13)24)18-5-6-26-22(31-18)30-14-10-29-32(4)12-14;1-15(2,3)14-20-7-12(22-14)13(21)19-6-8-4-11(18)9(16)5-10(8)17;1-9(2)10(3,4)16-13(15-9)14-17-11(5,6)12(7,8)18-14;1-14-5-6(4-11-14)12-8-10-3-2-7(9)13-8/h5-8,10-12H,9H2,1-4H3,(H,27,33)(H,26,30,31);4-5,7H,6H2,1-3H3,(H,19,21);1-8H3;2-5H,1H3,(H,10,12,13). The number of carbonyl (C=O) groups is 2. The summed E-state index contributed by atoms with van der Waals surface area (Å²) < 4.78 is 56.0. The molecule has 0 atom stereocenters. The summed E-state index contributed by atoms with van der Waals surface area (Å²) in [7, 11) is 2.68. The number of hydrogen-bond acceptors (Lipinski definition) is 18. The maximum Gasteiger partial charge on any atom is 0.488 e. The Morgan fingerprint density at radius 2 is 1.01 bits per heavy atom. The maximum atomic E-state index is 15.0. The molecule has 468 valence electrons. The summed E-state index contributed by atoms with van der Waals surface area (Å²) in [5, 5.41) is 22.5. The van der Waals surface area contributed by atoms with Crippen LogP contribution in [0.3, 0.4) is 0 Å². The molecule has 0 radical (unpaired) electrons. The molecule has 2 saturated heterocycles. The van der Waals surface area contributed by atoms with Crippen molar-refractivity contribution in [2.75, 3.05) is 10.6 Å². The molecule has 0 spiro atoms. The Morgan fingerprint density at radius 1 is 0.602 bits per heavy atom. The van der Waals surface area contributed by atoms with Gasteiger partial charge in [0.15, 0.2) is 0 Å². The van der Waals surface area contributed by atoms with Gasteiger partial charge in [0.2, 0.25) is 11.9 Å². The monoisotopic (exact) mass is 1370 g/mol. The van der Waals surface area contributed by atoms with Gasteiger partial charge in [-0.2, -0.15) is 10.2 Å². The van der Waals surface area contributed by atoms with Gasteiger partial charge in [-0.15, -0.1) is 22.7 Å². The molecule has 20 nitrogen and oxygen atoms in total. The van der Waals surface area contributed by atoms with Gasteiger partial charge in [-0.1, -0.05) is 76.3 Å². The summed E-state index contributed by atoms with van der Waals surface area (Å²) in [5.74, 6) is -0.682. The van der Waals surface area contributed by atoms with Crippen molar-refractivity contribution in [3.8, 4) is 11.3 Å². The average molecular weight is 1370 g/mol. The van der Waals surface area contributed by atoms with Crippen molar-refractivity contribution in [3.05, 3.63) is 148 Å². The summed E-state index contributed by atoms with van der Waals surface area (Å²) in [4.78, 5) is 50.8. The zero-order valence-corrected chi connectivity index (χ0v) is 57.1. The highest BCUT2D eigenvalue weighted by Gasteiger charge is 2.63. The minimum absolute atomic E-state index is 0.0786. The lowest BCUT2D eigenvalue weighted by atomic mass is 9.49. The number of hydrogen-bond donors (Lipinski definition) is 4. The first-order valence-electron chi connectivity index (χ1n) is 27.5. The van der Waals surface area contributed by atoms with Gasteiger partial charge in [-0.25, -0.2) is 38.7 Å². The highest BCUT2D eigenvalue weighted by atomic mass is 79.9. The third-order valence-electron chi connectivity index (χ3n) is 14.1. The number of amides is 2. The van der Waals surface area contributed by atoms with E-state index in [1.807, 2.05) is 110 Å². The predicted molar refractivity (Wildman–Crippen MR) is 348 cm³/mol. The van der Waals surface area contributed by atoms with Gasteiger partial charge in [0.05, 0.1) is 78.7 Å². The summed E-state index contributed by atoms with van der Waals surface area (Å²) in [6.07, 6.45) is 13.1. The molecular formula is C58H70B2BrCl3F2N14O6S2. The second-order valence-corrected chi connectivity index (χ2v) is 28.6. The smallest absolute Gasteiger partial charge is 0.405 e. The number of anilines is 4. The van der Waals surface area contributed by atoms with Gasteiger partial charge in [0.25, 0.3) is 11.8 Å². The maximum absolute atomic E-state index is 15.0. The molecule has 2 fully saturated rings. The van der Waals surface area contributed by atoms with E-state index in [0.29, 0.717) is 63.8 Å².